The Labute approximate surface area is 194 Å². The Morgan fingerprint density at radius 3 is 2.20 bits per heavy atom. The van der Waals surface area contributed by atoms with Gasteiger partial charge in [0.25, 0.3) is 11.8 Å². The number of hydrogen-bond acceptors (Lipinski definition) is 4. The normalized spacial score (nSPS) is 14.6. The minimum absolute atomic E-state index is 0.0707. The van der Waals surface area contributed by atoms with E-state index < -0.39 is 5.91 Å². The van der Waals surface area contributed by atoms with Gasteiger partial charge >= 0.3 is 0 Å². The Hall–Kier alpha value is -1.54. The number of nitrogens with one attached hydrogen (secondary N) is 1. The summed E-state index contributed by atoms with van der Waals surface area (Å²) >= 11 is 24.5. The smallest absolute Gasteiger partial charge is 0.257 e. The first-order chi connectivity index (χ1) is 14.3. The van der Waals surface area contributed by atoms with Crippen LogP contribution in [0.1, 0.15) is 20.7 Å². The molecule has 1 aliphatic rings. The van der Waals surface area contributed by atoms with E-state index in [1.165, 1.54) is 24.3 Å². The van der Waals surface area contributed by atoms with Crippen LogP contribution in [0.15, 0.2) is 30.3 Å². The molecule has 1 heterocycles. The molecule has 1 aliphatic heterocycles. The van der Waals surface area contributed by atoms with Gasteiger partial charge in [-0.05, 0) is 30.3 Å². The number of carbonyl (C=O) groups excluding carboxylic acids is 2. The van der Waals surface area contributed by atoms with Crippen molar-refractivity contribution in [3.8, 4) is 0 Å². The van der Waals surface area contributed by atoms with Crippen molar-refractivity contribution in [2.24, 2.45) is 0 Å². The minimum Gasteiger partial charge on any atom is -0.395 e. The number of rotatable bonds is 5. The molecule has 0 aromatic heterocycles. The molecule has 2 N–H and O–H groups in total. The van der Waals surface area contributed by atoms with Crippen LogP contribution in [0.5, 0.6) is 0 Å². The van der Waals surface area contributed by atoms with Crippen LogP contribution in [-0.4, -0.2) is 66.1 Å². The van der Waals surface area contributed by atoms with E-state index in [1.54, 1.807) is 11.0 Å². The average Bonchev–Trinajstić information content (AvgIpc) is 2.70. The lowest BCUT2D eigenvalue weighted by molar-refractivity contribution is 0.0616. The van der Waals surface area contributed by atoms with Gasteiger partial charge in [0.2, 0.25) is 0 Å². The Morgan fingerprint density at radius 2 is 1.57 bits per heavy atom. The molecule has 0 radical (unpaired) electrons. The lowest BCUT2D eigenvalue weighted by Gasteiger charge is -2.34. The molecule has 0 bridgehead atoms. The molecule has 2 amide bonds. The third kappa shape index (κ3) is 5.38. The third-order valence-corrected chi connectivity index (χ3v) is 5.84. The topological polar surface area (TPSA) is 72.9 Å². The van der Waals surface area contributed by atoms with Gasteiger partial charge in [0.05, 0.1) is 33.5 Å². The highest BCUT2D eigenvalue weighted by Crippen LogP contribution is 2.32. The summed E-state index contributed by atoms with van der Waals surface area (Å²) in [7, 11) is 0. The van der Waals surface area contributed by atoms with Crippen LogP contribution >= 0.6 is 46.4 Å². The maximum Gasteiger partial charge on any atom is 0.257 e. The lowest BCUT2D eigenvalue weighted by atomic mass is 10.1. The van der Waals surface area contributed by atoms with Crippen LogP contribution in [-0.2, 0) is 0 Å². The zero-order chi connectivity index (χ0) is 21.8. The predicted molar refractivity (Wildman–Crippen MR) is 120 cm³/mol. The maximum atomic E-state index is 13.2. The first kappa shape index (κ1) is 23.1. The van der Waals surface area contributed by atoms with Gasteiger partial charge < -0.3 is 15.3 Å². The second kappa shape index (κ2) is 10.2. The van der Waals surface area contributed by atoms with Gasteiger partial charge in [-0.2, -0.15) is 0 Å². The summed E-state index contributed by atoms with van der Waals surface area (Å²) in [5, 5.41) is 12.8. The molecular weight excluding hydrogens is 472 g/mol. The summed E-state index contributed by atoms with van der Waals surface area (Å²) in [6.45, 7) is 2.89. The quantitative estimate of drug-likeness (QED) is 0.655. The third-order valence-electron chi connectivity index (χ3n) is 4.78. The fourth-order valence-electron chi connectivity index (χ4n) is 3.21. The summed E-state index contributed by atoms with van der Waals surface area (Å²) in [6.07, 6.45) is 0. The van der Waals surface area contributed by atoms with Crippen molar-refractivity contribution < 1.29 is 14.7 Å². The van der Waals surface area contributed by atoms with Gasteiger partial charge in [0.1, 0.15) is 0 Å². The number of aliphatic hydroxyl groups excluding tert-OH is 1. The number of carbonyl (C=O) groups is 2. The molecule has 30 heavy (non-hydrogen) atoms. The molecule has 3 rings (SSSR count). The van der Waals surface area contributed by atoms with Crippen LogP contribution in [0.4, 0.5) is 5.69 Å². The minimum atomic E-state index is -0.525. The molecule has 6 nitrogen and oxygen atoms in total. The summed E-state index contributed by atoms with van der Waals surface area (Å²) in [5.41, 5.74) is 0.560. The maximum absolute atomic E-state index is 13.2. The van der Waals surface area contributed by atoms with Crippen LogP contribution in [0.25, 0.3) is 0 Å². The zero-order valence-corrected chi connectivity index (χ0v) is 18.8. The van der Waals surface area contributed by atoms with Gasteiger partial charge in [-0.15, -0.1) is 0 Å². The lowest BCUT2D eigenvalue weighted by Crippen LogP contribution is -2.49. The van der Waals surface area contributed by atoms with Crippen molar-refractivity contribution in [2.45, 2.75) is 0 Å². The first-order valence-electron chi connectivity index (χ1n) is 9.18. The first-order valence-corrected chi connectivity index (χ1v) is 10.7. The van der Waals surface area contributed by atoms with Crippen LogP contribution in [0, 0.1) is 0 Å². The van der Waals surface area contributed by atoms with Gasteiger partial charge in [-0.3, -0.25) is 14.5 Å². The molecule has 0 aliphatic carbocycles. The molecule has 160 valence electrons. The van der Waals surface area contributed by atoms with E-state index in [1.807, 2.05) is 0 Å². The van der Waals surface area contributed by atoms with Crippen molar-refractivity contribution >= 4 is 63.9 Å². The van der Waals surface area contributed by atoms with E-state index in [4.69, 9.17) is 51.5 Å². The predicted octanol–water partition coefficient (Wildman–Crippen LogP) is 4.30. The fourth-order valence-corrected chi connectivity index (χ4v) is 4.25. The standard InChI is InChI=1S/C20H19Cl4N3O3/c21-12-1-2-14(16(23)10-12)19(29)25-18-15(9-13(22)11-17(18)24)20(30)27-5-3-26(4-6-27)7-8-28/h1-2,9-11,28H,3-8H2,(H,25,29). The van der Waals surface area contributed by atoms with E-state index in [9.17, 15) is 9.59 Å². The van der Waals surface area contributed by atoms with E-state index in [0.29, 0.717) is 37.7 Å². The molecule has 0 unspecified atom stereocenters. The van der Waals surface area contributed by atoms with Gasteiger partial charge in [-0.25, -0.2) is 0 Å². The monoisotopic (exact) mass is 489 g/mol. The second-order valence-electron chi connectivity index (χ2n) is 6.75. The molecule has 0 atom stereocenters. The van der Waals surface area contributed by atoms with Gasteiger partial charge in [0.15, 0.2) is 0 Å². The number of piperazine rings is 1. The van der Waals surface area contributed by atoms with Crippen molar-refractivity contribution in [2.75, 3.05) is 44.6 Å². The van der Waals surface area contributed by atoms with Crippen LogP contribution in [0.2, 0.25) is 20.1 Å². The largest absolute Gasteiger partial charge is 0.395 e. The summed E-state index contributed by atoms with van der Waals surface area (Å²) in [4.78, 5) is 29.7. The summed E-state index contributed by atoms with van der Waals surface area (Å²) in [6, 6.07) is 7.43. The van der Waals surface area contributed by atoms with Gasteiger partial charge in [0, 0.05) is 42.8 Å². The number of amides is 2. The molecular formula is C20H19Cl4N3O3. The zero-order valence-electron chi connectivity index (χ0n) is 15.8. The number of β-amino-alcohol motifs (C(OH)–C–C–N with tert-alkyl or cyclic N) is 1. The van der Waals surface area contributed by atoms with E-state index in [2.05, 4.69) is 10.2 Å². The van der Waals surface area contributed by atoms with E-state index >= 15 is 0 Å². The Bertz CT molecular complexity index is 963. The summed E-state index contributed by atoms with van der Waals surface area (Å²) < 4.78 is 0. The Morgan fingerprint density at radius 1 is 0.900 bits per heavy atom. The molecule has 2 aromatic rings. The van der Waals surface area contributed by atoms with Crippen molar-refractivity contribution in [3.63, 3.8) is 0 Å². The molecule has 1 fully saturated rings. The van der Waals surface area contributed by atoms with Crippen molar-refractivity contribution in [1.82, 2.24) is 9.80 Å². The number of halogens is 4. The highest BCUT2D eigenvalue weighted by molar-refractivity contribution is 6.39. The van der Waals surface area contributed by atoms with E-state index in [0.717, 1.165) is 0 Å². The molecule has 10 heteroatoms. The number of nitrogens with zero attached hydrogens (tertiary/aromatic N) is 2. The molecule has 2 aromatic carbocycles. The van der Waals surface area contributed by atoms with Crippen molar-refractivity contribution in [1.29, 1.82) is 0 Å². The highest BCUT2D eigenvalue weighted by Gasteiger charge is 2.26. The number of hydrogen-bond donors (Lipinski definition) is 2. The van der Waals surface area contributed by atoms with Crippen LogP contribution < -0.4 is 5.32 Å². The van der Waals surface area contributed by atoms with Crippen molar-refractivity contribution in [3.05, 3.63) is 61.5 Å². The SMILES string of the molecule is O=C(Nc1c(Cl)cc(Cl)cc1C(=O)N1CCN(CCO)CC1)c1ccc(Cl)cc1Cl. The summed E-state index contributed by atoms with van der Waals surface area (Å²) in [5.74, 6) is -0.816. The number of anilines is 1. The molecule has 0 saturated carbocycles. The molecule has 0 spiro atoms. The number of benzene rings is 2. The fraction of sp³-hybridized carbons (Fsp3) is 0.300. The second-order valence-corrected chi connectivity index (χ2v) is 8.43. The Kier molecular flexibility index (Phi) is 7.85. The average molecular weight is 491 g/mol. The van der Waals surface area contributed by atoms with E-state index in [-0.39, 0.29) is 44.4 Å². The molecule has 1 saturated heterocycles. The highest BCUT2D eigenvalue weighted by atomic mass is 35.5. The van der Waals surface area contributed by atoms with Crippen LogP contribution in [0.3, 0.4) is 0 Å². The van der Waals surface area contributed by atoms with Gasteiger partial charge in [-0.1, -0.05) is 46.4 Å². The number of aliphatic hydroxyl groups is 1. The Balaban J connectivity index is 1.85.